The lowest BCUT2D eigenvalue weighted by atomic mass is 9.98. The molecule has 0 unspecified atom stereocenters. The van der Waals surface area contributed by atoms with Crippen LogP contribution >= 0.6 is 11.3 Å². The van der Waals surface area contributed by atoms with E-state index in [1.165, 1.54) is 53.0 Å². The first-order valence-electron chi connectivity index (χ1n) is 15.9. The number of furan rings is 1. The average molecular weight is 618 g/mol. The van der Waals surface area contributed by atoms with Crippen molar-refractivity contribution in [3.8, 4) is 11.1 Å². The Bertz CT molecular complexity index is 2800. The lowest BCUT2D eigenvalue weighted by Crippen LogP contribution is -2.11. The van der Waals surface area contributed by atoms with Crippen molar-refractivity contribution in [3.05, 3.63) is 164 Å². The highest BCUT2D eigenvalue weighted by Crippen LogP contribution is 2.49. The zero-order valence-electron chi connectivity index (χ0n) is 25.4. The van der Waals surface area contributed by atoms with Crippen molar-refractivity contribution >= 4 is 92.1 Å². The Kier molecular flexibility index (Phi) is 5.78. The molecule has 0 aliphatic carbocycles. The summed E-state index contributed by atoms with van der Waals surface area (Å²) in [5, 5.41) is 9.75. The van der Waals surface area contributed by atoms with Gasteiger partial charge in [-0.3, -0.25) is 0 Å². The normalized spacial score (nSPS) is 11.8. The SMILES string of the molecule is c1ccc(N(c2cccc3ccccc23)c2cc3c4cccc(-c5cccc6c5oc5ccccc56)c4sc3c3ccccc23)cc1. The summed E-state index contributed by atoms with van der Waals surface area (Å²) >= 11 is 1.88. The van der Waals surface area contributed by atoms with Gasteiger partial charge < -0.3 is 9.32 Å². The van der Waals surface area contributed by atoms with Crippen molar-refractivity contribution in [2.24, 2.45) is 0 Å². The zero-order valence-corrected chi connectivity index (χ0v) is 26.2. The fraction of sp³-hybridized carbons (Fsp3) is 0. The van der Waals surface area contributed by atoms with Gasteiger partial charge in [0.2, 0.25) is 0 Å². The maximum Gasteiger partial charge on any atom is 0.143 e. The Balaban J connectivity index is 1.29. The Morgan fingerprint density at radius 3 is 1.89 bits per heavy atom. The second kappa shape index (κ2) is 10.3. The van der Waals surface area contributed by atoms with E-state index in [1.54, 1.807) is 0 Å². The van der Waals surface area contributed by atoms with Crippen LogP contribution in [-0.2, 0) is 0 Å². The van der Waals surface area contributed by atoms with E-state index < -0.39 is 0 Å². The molecule has 8 aromatic carbocycles. The second-order valence-corrected chi connectivity index (χ2v) is 13.1. The van der Waals surface area contributed by atoms with Gasteiger partial charge in [0.1, 0.15) is 11.2 Å². The van der Waals surface area contributed by atoms with Crippen molar-refractivity contribution in [2.45, 2.75) is 0 Å². The molecule has 0 amide bonds. The molecule has 2 nitrogen and oxygen atoms in total. The minimum absolute atomic E-state index is 0.920. The highest BCUT2D eigenvalue weighted by molar-refractivity contribution is 7.27. The third kappa shape index (κ3) is 3.97. The molecule has 2 aromatic heterocycles. The maximum absolute atomic E-state index is 6.51. The predicted octanol–water partition coefficient (Wildman–Crippen LogP) is 13.4. The third-order valence-corrected chi connectivity index (χ3v) is 10.7. The summed E-state index contributed by atoms with van der Waals surface area (Å²) in [5.41, 5.74) is 7.65. The highest BCUT2D eigenvalue weighted by Gasteiger charge is 2.22. The second-order valence-electron chi connectivity index (χ2n) is 12.1. The van der Waals surface area contributed by atoms with E-state index >= 15 is 0 Å². The standard InChI is InChI=1S/C44H27NOS/c1-2-15-29(16-3-1)45(39-25-10-14-28-13-4-5-17-30(28)39)40-27-38-37-24-12-23-36(43(37)47-44(38)35-20-7-6-18-31(35)40)34-22-11-21-33-32-19-8-9-26-41(32)46-42(33)34/h1-27H. The smallest absolute Gasteiger partial charge is 0.143 e. The van der Waals surface area contributed by atoms with E-state index in [1.807, 2.05) is 17.4 Å². The molecule has 10 aromatic rings. The molecule has 0 atom stereocenters. The summed E-state index contributed by atoms with van der Waals surface area (Å²) in [6.45, 7) is 0. The topological polar surface area (TPSA) is 16.4 Å². The van der Waals surface area contributed by atoms with Crippen LogP contribution in [0.2, 0.25) is 0 Å². The zero-order chi connectivity index (χ0) is 30.9. The monoisotopic (exact) mass is 617 g/mol. The van der Waals surface area contributed by atoms with Gasteiger partial charge in [-0.05, 0) is 35.7 Å². The summed E-state index contributed by atoms with van der Waals surface area (Å²) in [7, 11) is 0. The highest BCUT2D eigenvalue weighted by atomic mass is 32.1. The van der Waals surface area contributed by atoms with Crippen molar-refractivity contribution in [1.82, 2.24) is 0 Å². The number of rotatable bonds is 4. The third-order valence-electron chi connectivity index (χ3n) is 9.44. The summed E-state index contributed by atoms with van der Waals surface area (Å²) in [6.07, 6.45) is 0. The summed E-state index contributed by atoms with van der Waals surface area (Å²) < 4.78 is 9.09. The molecule has 220 valence electrons. The first-order valence-corrected chi connectivity index (χ1v) is 16.8. The van der Waals surface area contributed by atoms with Crippen LogP contribution < -0.4 is 4.90 Å². The van der Waals surface area contributed by atoms with Crippen molar-refractivity contribution in [3.63, 3.8) is 0 Å². The molecule has 0 N–H and O–H groups in total. The Morgan fingerprint density at radius 1 is 0.404 bits per heavy atom. The van der Waals surface area contributed by atoms with E-state index in [0.29, 0.717) is 0 Å². The van der Waals surface area contributed by atoms with Gasteiger partial charge in [0.05, 0.1) is 11.4 Å². The largest absolute Gasteiger partial charge is 0.455 e. The number of nitrogens with zero attached hydrogens (tertiary/aromatic N) is 1. The van der Waals surface area contributed by atoms with Gasteiger partial charge in [0.15, 0.2) is 0 Å². The van der Waals surface area contributed by atoms with Crippen LogP contribution in [0, 0.1) is 0 Å². The number of anilines is 3. The molecular formula is C44H27NOS. The molecule has 0 fully saturated rings. The van der Waals surface area contributed by atoms with Crippen LogP contribution in [0.15, 0.2) is 168 Å². The lowest BCUT2D eigenvalue weighted by molar-refractivity contribution is 0.670. The van der Waals surface area contributed by atoms with E-state index in [4.69, 9.17) is 4.42 Å². The number of fused-ring (bicyclic) bond motifs is 9. The predicted molar refractivity (Wildman–Crippen MR) is 202 cm³/mol. The summed E-state index contributed by atoms with van der Waals surface area (Å²) in [6, 6.07) is 58.9. The molecule has 0 spiro atoms. The van der Waals surface area contributed by atoms with Gasteiger partial charge in [-0.1, -0.05) is 133 Å². The van der Waals surface area contributed by atoms with E-state index in [0.717, 1.165) is 38.9 Å². The van der Waals surface area contributed by atoms with Crippen LogP contribution in [-0.4, -0.2) is 0 Å². The minimum Gasteiger partial charge on any atom is -0.455 e. The van der Waals surface area contributed by atoms with Crippen LogP contribution in [0.3, 0.4) is 0 Å². The molecule has 0 aliphatic heterocycles. The Morgan fingerprint density at radius 2 is 1.02 bits per heavy atom. The minimum atomic E-state index is 0.920. The Labute approximate surface area is 275 Å². The molecule has 0 bridgehead atoms. The molecule has 0 saturated carbocycles. The van der Waals surface area contributed by atoms with Crippen molar-refractivity contribution < 1.29 is 4.42 Å². The van der Waals surface area contributed by atoms with Crippen LogP contribution in [0.1, 0.15) is 0 Å². The van der Waals surface area contributed by atoms with E-state index in [-0.39, 0.29) is 0 Å². The molecule has 3 heteroatoms. The first-order chi connectivity index (χ1) is 23.3. The molecule has 10 rings (SSSR count). The van der Waals surface area contributed by atoms with Crippen LogP contribution in [0.4, 0.5) is 17.1 Å². The van der Waals surface area contributed by atoms with Gasteiger partial charge in [0.25, 0.3) is 0 Å². The molecule has 0 aliphatic rings. The number of benzene rings is 8. The van der Waals surface area contributed by atoms with E-state index in [9.17, 15) is 0 Å². The average Bonchev–Trinajstić information content (AvgIpc) is 3.71. The van der Waals surface area contributed by atoms with Gasteiger partial charge in [-0.15, -0.1) is 11.3 Å². The summed E-state index contributed by atoms with van der Waals surface area (Å²) in [4.78, 5) is 2.44. The molecule has 2 heterocycles. The number of hydrogen-bond donors (Lipinski definition) is 0. The van der Waals surface area contributed by atoms with Crippen molar-refractivity contribution in [1.29, 1.82) is 0 Å². The van der Waals surface area contributed by atoms with Crippen LogP contribution in [0.5, 0.6) is 0 Å². The summed E-state index contributed by atoms with van der Waals surface area (Å²) in [5.74, 6) is 0. The van der Waals surface area contributed by atoms with Gasteiger partial charge in [0, 0.05) is 63.9 Å². The number of hydrogen-bond acceptors (Lipinski definition) is 3. The first kappa shape index (κ1) is 26.3. The number of para-hydroxylation sites is 3. The molecule has 0 saturated heterocycles. The Hall–Kier alpha value is -5.90. The van der Waals surface area contributed by atoms with E-state index in [2.05, 4.69) is 163 Å². The fourth-order valence-electron chi connectivity index (χ4n) is 7.35. The molecule has 47 heavy (non-hydrogen) atoms. The van der Waals surface area contributed by atoms with Crippen molar-refractivity contribution in [2.75, 3.05) is 4.90 Å². The van der Waals surface area contributed by atoms with Gasteiger partial charge in [-0.25, -0.2) is 0 Å². The quantitative estimate of drug-likeness (QED) is 0.195. The van der Waals surface area contributed by atoms with Gasteiger partial charge in [-0.2, -0.15) is 0 Å². The lowest BCUT2D eigenvalue weighted by Gasteiger charge is -2.28. The number of thiophene rings is 1. The molecule has 0 radical (unpaired) electrons. The maximum atomic E-state index is 6.51. The van der Waals surface area contributed by atoms with Gasteiger partial charge >= 0.3 is 0 Å². The fourth-order valence-corrected chi connectivity index (χ4v) is 8.69. The molecular weight excluding hydrogens is 591 g/mol. The van der Waals surface area contributed by atoms with Crippen LogP contribution in [0.25, 0.3) is 74.8 Å².